The summed E-state index contributed by atoms with van der Waals surface area (Å²) in [7, 11) is 0. The van der Waals surface area contributed by atoms with Gasteiger partial charge in [-0.1, -0.05) is 88.4 Å². The van der Waals surface area contributed by atoms with Gasteiger partial charge in [-0.3, -0.25) is 4.89 Å². The van der Waals surface area contributed by atoms with Crippen molar-refractivity contribution in [1.82, 2.24) is 0 Å². The molecule has 0 atom stereocenters. The van der Waals surface area contributed by atoms with Crippen LogP contribution in [0.3, 0.4) is 0 Å². The number of unbranched alkanes of at least 4 members (excludes halogenated alkanes) is 1. The fourth-order valence-corrected chi connectivity index (χ4v) is 2.21. The van der Waals surface area contributed by atoms with E-state index >= 15 is 0 Å². The number of carboxylic acids is 2. The van der Waals surface area contributed by atoms with Crippen LogP contribution in [-0.2, 0) is 28.8 Å². The van der Waals surface area contributed by atoms with Crippen molar-refractivity contribution in [2.45, 2.75) is 46.5 Å². The number of benzene rings is 1. The van der Waals surface area contributed by atoms with Gasteiger partial charge in [0.25, 0.3) is 0 Å². The normalized spacial score (nSPS) is 11.0. The Kier molecular flexibility index (Phi) is 22.2. The van der Waals surface area contributed by atoms with Crippen molar-refractivity contribution in [2.24, 2.45) is 0 Å². The number of esters is 1. The van der Waals surface area contributed by atoms with Crippen molar-refractivity contribution in [3.05, 3.63) is 90.1 Å². The molecule has 0 saturated carbocycles. The van der Waals surface area contributed by atoms with Gasteiger partial charge >= 0.3 is 23.9 Å². The van der Waals surface area contributed by atoms with Crippen molar-refractivity contribution >= 4 is 30.0 Å². The summed E-state index contributed by atoms with van der Waals surface area (Å²) in [5.74, 6) is -3.33. The van der Waals surface area contributed by atoms with Gasteiger partial charge in [0.05, 0.1) is 12.2 Å². The first kappa shape index (κ1) is 34.9. The predicted molar refractivity (Wildman–Crippen MR) is 141 cm³/mol. The SMILES string of the molecule is C=CC(=O)OCCCC.CCC(=CC=Cc1ccccc1)C(=O)O.CCC=C(C=CC(=O)O)C(=O)OO. The molecule has 1 aromatic carbocycles. The summed E-state index contributed by atoms with van der Waals surface area (Å²) in [4.78, 5) is 45.3. The van der Waals surface area contributed by atoms with E-state index in [4.69, 9.17) is 15.5 Å². The number of allylic oxidation sites excluding steroid dienone is 3. The molecule has 3 N–H and O–H groups in total. The minimum atomic E-state index is -1.17. The van der Waals surface area contributed by atoms with Crippen LogP contribution in [0.1, 0.15) is 52.0 Å². The minimum Gasteiger partial charge on any atom is -0.478 e. The number of ether oxygens (including phenoxy) is 1. The Balaban J connectivity index is 0. The van der Waals surface area contributed by atoms with E-state index in [1.807, 2.05) is 50.3 Å². The average molecular weight is 517 g/mol. The standard InChI is InChI=1S/C13H14O2.C8H10O5.C7H12O2/c1-2-12(13(14)15)10-6-9-11-7-4-3-5-8-11;1-2-3-6(8(11)13-12)4-5-7(9)10;1-3-5-6-9-7(8)4-2/h3-10H,2H2,1H3,(H,14,15);3-5,12H,2H2,1H3,(H,9,10);4H,2-3,5-6H2,1H3. The lowest BCUT2D eigenvalue weighted by Crippen LogP contribution is -2.03. The Morgan fingerprint density at radius 1 is 1.00 bits per heavy atom. The van der Waals surface area contributed by atoms with Gasteiger partial charge in [-0.15, -0.1) is 0 Å². The summed E-state index contributed by atoms with van der Waals surface area (Å²) >= 11 is 0. The zero-order chi connectivity index (χ0) is 28.5. The third-order valence-electron chi connectivity index (χ3n) is 4.10. The molecule has 9 nitrogen and oxygen atoms in total. The fraction of sp³-hybridized carbons (Fsp3) is 0.286. The van der Waals surface area contributed by atoms with Gasteiger partial charge in [0.1, 0.15) is 0 Å². The molecule has 0 aliphatic rings. The number of rotatable bonds is 12. The first-order chi connectivity index (χ1) is 17.7. The quantitative estimate of drug-likeness (QED) is 0.0804. The Hall–Kier alpha value is -4.24. The Bertz CT molecular complexity index is 955. The maximum Gasteiger partial charge on any atom is 0.372 e. The maximum absolute atomic E-state index is 10.7. The third kappa shape index (κ3) is 20.8. The largest absolute Gasteiger partial charge is 0.478 e. The van der Waals surface area contributed by atoms with E-state index in [-0.39, 0.29) is 11.5 Å². The molecule has 0 bridgehead atoms. The lowest BCUT2D eigenvalue weighted by atomic mass is 10.1. The predicted octanol–water partition coefficient (Wildman–Crippen LogP) is 5.62. The van der Waals surface area contributed by atoms with Gasteiger partial charge < -0.3 is 14.9 Å². The van der Waals surface area contributed by atoms with E-state index in [0.717, 1.165) is 30.6 Å². The number of carbonyl (C=O) groups is 4. The van der Waals surface area contributed by atoms with E-state index in [1.165, 1.54) is 12.2 Å². The topological polar surface area (TPSA) is 147 Å². The molecule has 9 heteroatoms. The van der Waals surface area contributed by atoms with Gasteiger partial charge in [0.15, 0.2) is 0 Å². The van der Waals surface area contributed by atoms with Crippen LogP contribution in [0.5, 0.6) is 0 Å². The van der Waals surface area contributed by atoms with E-state index < -0.39 is 17.9 Å². The van der Waals surface area contributed by atoms with Crippen LogP contribution >= 0.6 is 0 Å². The number of hydrogen-bond acceptors (Lipinski definition) is 7. The molecule has 0 radical (unpaired) electrons. The van der Waals surface area contributed by atoms with Gasteiger partial charge in [0, 0.05) is 17.7 Å². The number of hydrogen-bond donors (Lipinski definition) is 3. The van der Waals surface area contributed by atoms with Crippen LogP contribution in [0, 0.1) is 0 Å². The average Bonchev–Trinajstić information content (AvgIpc) is 2.89. The summed E-state index contributed by atoms with van der Waals surface area (Å²) in [6, 6.07) is 9.78. The highest BCUT2D eigenvalue weighted by Crippen LogP contribution is 2.05. The summed E-state index contributed by atoms with van der Waals surface area (Å²) in [5, 5.41) is 25.1. The summed E-state index contributed by atoms with van der Waals surface area (Å²) in [6.07, 6.45) is 12.8. The highest BCUT2D eigenvalue weighted by atomic mass is 17.1. The highest BCUT2D eigenvalue weighted by Gasteiger charge is 2.06. The van der Waals surface area contributed by atoms with E-state index in [9.17, 15) is 19.2 Å². The van der Waals surface area contributed by atoms with E-state index in [1.54, 1.807) is 19.1 Å². The molecule has 0 aliphatic heterocycles. The first-order valence-electron chi connectivity index (χ1n) is 11.6. The van der Waals surface area contributed by atoms with Gasteiger partial charge in [-0.05, 0) is 30.9 Å². The Morgan fingerprint density at radius 3 is 2.11 bits per heavy atom. The van der Waals surface area contributed by atoms with Gasteiger partial charge in [-0.25, -0.2) is 19.2 Å². The Morgan fingerprint density at radius 2 is 1.65 bits per heavy atom. The molecular formula is C28H36O9. The van der Waals surface area contributed by atoms with Crippen LogP contribution in [0.4, 0.5) is 0 Å². The summed E-state index contributed by atoms with van der Waals surface area (Å²) in [6.45, 7) is 9.42. The maximum atomic E-state index is 10.7. The second-order valence-corrected chi connectivity index (χ2v) is 6.96. The lowest BCUT2D eigenvalue weighted by Gasteiger charge is -1.97. The van der Waals surface area contributed by atoms with Gasteiger partial charge in [0.2, 0.25) is 0 Å². The van der Waals surface area contributed by atoms with Crippen molar-refractivity contribution in [1.29, 1.82) is 0 Å². The monoisotopic (exact) mass is 516 g/mol. The molecule has 0 heterocycles. The van der Waals surface area contributed by atoms with Crippen LogP contribution < -0.4 is 0 Å². The van der Waals surface area contributed by atoms with Crippen LogP contribution in [-0.4, -0.2) is 46.0 Å². The molecule has 202 valence electrons. The van der Waals surface area contributed by atoms with Gasteiger partial charge in [-0.2, -0.15) is 5.26 Å². The van der Waals surface area contributed by atoms with Crippen LogP contribution in [0.25, 0.3) is 6.08 Å². The van der Waals surface area contributed by atoms with Crippen molar-refractivity contribution in [2.75, 3.05) is 6.61 Å². The molecule has 1 rings (SSSR count). The zero-order valence-electron chi connectivity index (χ0n) is 21.5. The van der Waals surface area contributed by atoms with E-state index in [0.29, 0.717) is 25.0 Å². The summed E-state index contributed by atoms with van der Waals surface area (Å²) < 4.78 is 4.67. The molecule has 1 aromatic rings. The molecule has 0 fully saturated rings. The fourth-order valence-electron chi connectivity index (χ4n) is 2.21. The van der Waals surface area contributed by atoms with Crippen LogP contribution in [0.2, 0.25) is 0 Å². The first-order valence-corrected chi connectivity index (χ1v) is 11.6. The number of carbonyl (C=O) groups excluding carboxylic acids is 2. The number of carboxylic acid groups (broad SMARTS) is 2. The second kappa shape index (κ2) is 23.5. The minimum absolute atomic E-state index is 0.00685. The highest BCUT2D eigenvalue weighted by molar-refractivity contribution is 5.93. The molecule has 0 spiro atoms. The van der Waals surface area contributed by atoms with E-state index in [2.05, 4.69) is 16.2 Å². The van der Waals surface area contributed by atoms with Crippen molar-refractivity contribution < 1.29 is 44.3 Å². The molecular weight excluding hydrogens is 480 g/mol. The van der Waals surface area contributed by atoms with Crippen LogP contribution in [0.15, 0.2) is 84.5 Å². The molecule has 0 saturated heterocycles. The zero-order valence-corrected chi connectivity index (χ0v) is 21.5. The summed E-state index contributed by atoms with van der Waals surface area (Å²) in [5.41, 5.74) is 1.49. The molecule has 0 aliphatic carbocycles. The smallest absolute Gasteiger partial charge is 0.372 e. The molecule has 0 aromatic heterocycles. The lowest BCUT2D eigenvalue weighted by molar-refractivity contribution is -0.229. The number of aliphatic carboxylic acids is 2. The third-order valence-corrected chi connectivity index (χ3v) is 4.10. The second-order valence-electron chi connectivity index (χ2n) is 6.96. The molecule has 0 unspecified atom stereocenters. The Labute approximate surface area is 217 Å². The van der Waals surface area contributed by atoms with Crippen molar-refractivity contribution in [3.63, 3.8) is 0 Å². The molecule has 0 amide bonds. The van der Waals surface area contributed by atoms with Crippen molar-refractivity contribution in [3.8, 4) is 0 Å². The molecule has 37 heavy (non-hydrogen) atoms.